The van der Waals surface area contributed by atoms with E-state index in [2.05, 4.69) is 53.2 Å². The van der Waals surface area contributed by atoms with Crippen molar-refractivity contribution in [1.82, 2.24) is 20.4 Å². The van der Waals surface area contributed by atoms with Gasteiger partial charge in [-0.1, -0.05) is 33.6 Å². The number of nitrogens with one attached hydrogen (secondary N) is 2. The zero-order valence-electron chi connectivity index (χ0n) is 17.3. The van der Waals surface area contributed by atoms with Gasteiger partial charge in [-0.3, -0.25) is 9.89 Å². The van der Waals surface area contributed by atoms with Crippen LogP contribution in [0.5, 0.6) is 0 Å². The van der Waals surface area contributed by atoms with Gasteiger partial charge < -0.3 is 15.5 Å². The first-order valence-corrected chi connectivity index (χ1v) is 10.4. The van der Waals surface area contributed by atoms with Gasteiger partial charge in [0.05, 0.1) is 0 Å². The molecule has 0 radical (unpaired) electrons. The molecule has 1 saturated heterocycles. The summed E-state index contributed by atoms with van der Waals surface area (Å²) in [5.41, 5.74) is 0.493. The average molecular weight is 352 g/mol. The van der Waals surface area contributed by atoms with Gasteiger partial charge in [-0.25, -0.2) is 0 Å². The zero-order chi connectivity index (χ0) is 18.3. The third-order valence-electron chi connectivity index (χ3n) is 6.52. The maximum absolute atomic E-state index is 4.47. The van der Waals surface area contributed by atoms with E-state index in [0.717, 1.165) is 19.0 Å². The molecule has 5 nitrogen and oxygen atoms in total. The molecule has 25 heavy (non-hydrogen) atoms. The highest BCUT2D eigenvalue weighted by molar-refractivity contribution is 5.79. The van der Waals surface area contributed by atoms with E-state index in [0.29, 0.717) is 17.4 Å². The molecule has 2 fully saturated rings. The minimum absolute atomic E-state index is 0.493. The minimum atomic E-state index is 0.493. The number of piperazine rings is 1. The second kappa shape index (κ2) is 9.77. The Bertz CT molecular complexity index is 406. The maximum Gasteiger partial charge on any atom is 0.191 e. The molecule has 2 rings (SSSR count). The molecule has 1 atom stereocenters. The molecule has 146 valence electrons. The van der Waals surface area contributed by atoms with Crippen LogP contribution >= 0.6 is 0 Å². The molecule has 0 amide bonds. The average Bonchev–Trinajstić information content (AvgIpc) is 3.08. The van der Waals surface area contributed by atoms with E-state index in [1.54, 1.807) is 0 Å². The predicted molar refractivity (Wildman–Crippen MR) is 108 cm³/mol. The fraction of sp³-hybridized carbons (Fsp3) is 0.950. The topological polar surface area (TPSA) is 42.9 Å². The van der Waals surface area contributed by atoms with Gasteiger partial charge in [0.1, 0.15) is 0 Å². The molecule has 1 heterocycles. The summed E-state index contributed by atoms with van der Waals surface area (Å²) in [6, 6.07) is 0.568. The van der Waals surface area contributed by atoms with Crippen LogP contribution in [0.25, 0.3) is 0 Å². The van der Waals surface area contributed by atoms with Crippen LogP contribution < -0.4 is 10.6 Å². The van der Waals surface area contributed by atoms with E-state index in [1.807, 2.05) is 7.05 Å². The Balaban J connectivity index is 1.83. The molecule has 1 unspecified atom stereocenters. The lowest BCUT2D eigenvalue weighted by Gasteiger charge is -2.40. The van der Waals surface area contributed by atoms with Crippen molar-refractivity contribution in [2.75, 3.05) is 53.4 Å². The molecule has 0 aromatic rings. The lowest BCUT2D eigenvalue weighted by atomic mass is 9.83. The SMILES string of the molecule is CCC1(CNC(=NC)NCC(C(C)C)N2CCN(C)CC2)CCCC1. The monoisotopic (exact) mass is 351 g/mol. The van der Waals surface area contributed by atoms with Crippen LogP contribution in [0, 0.1) is 11.3 Å². The van der Waals surface area contributed by atoms with Crippen LogP contribution in [0.2, 0.25) is 0 Å². The van der Waals surface area contributed by atoms with Crippen molar-refractivity contribution in [2.45, 2.75) is 58.9 Å². The van der Waals surface area contributed by atoms with Crippen LogP contribution in [0.15, 0.2) is 4.99 Å². The fourth-order valence-corrected chi connectivity index (χ4v) is 4.41. The first-order valence-electron chi connectivity index (χ1n) is 10.4. The highest BCUT2D eigenvalue weighted by Gasteiger charge is 2.32. The van der Waals surface area contributed by atoms with Crippen molar-refractivity contribution in [2.24, 2.45) is 16.3 Å². The van der Waals surface area contributed by atoms with Crippen molar-refractivity contribution in [3.63, 3.8) is 0 Å². The van der Waals surface area contributed by atoms with Crippen LogP contribution in [0.3, 0.4) is 0 Å². The number of hydrogen-bond acceptors (Lipinski definition) is 3. The molecule has 5 heteroatoms. The van der Waals surface area contributed by atoms with Crippen molar-refractivity contribution in [1.29, 1.82) is 0 Å². The van der Waals surface area contributed by atoms with E-state index in [1.165, 1.54) is 58.3 Å². The Labute approximate surface area is 155 Å². The molecule has 0 aromatic carbocycles. The number of guanidine groups is 1. The number of nitrogens with zero attached hydrogens (tertiary/aromatic N) is 3. The van der Waals surface area contributed by atoms with Crippen molar-refractivity contribution in [3.05, 3.63) is 0 Å². The van der Waals surface area contributed by atoms with Gasteiger partial charge >= 0.3 is 0 Å². The Kier molecular flexibility index (Phi) is 8.01. The lowest BCUT2D eigenvalue weighted by Crippen LogP contribution is -2.55. The Morgan fingerprint density at radius 2 is 1.72 bits per heavy atom. The number of aliphatic imine (C=N–C) groups is 1. The standard InChI is InChI=1S/C20H41N5/c1-6-20(9-7-8-10-20)16-23-19(21-4)22-15-18(17(2)3)25-13-11-24(5)12-14-25/h17-18H,6-16H2,1-5H3,(H2,21,22,23). The minimum Gasteiger partial charge on any atom is -0.356 e. The Hall–Kier alpha value is -0.810. The quantitative estimate of drug-likeness (QED) is 0.546. The van der Waals surface area contributed by atoms with Crippen molar-refractivity contribution in [3.8, 4) is 0 Å². The summed E-state index contributed by atoms with van der Waals surface area (Å²) in [7, 11) is 4.11. The van der Waals surface area contributed by atoms with E-state index in [4.69, 9.17) is 0 Å². The molecule has 2 aliphatic rings. The first kappa shape index (κ1) is 20.5. The normalized spacial score (nSPS) is 23.8. The maximum atomic E-state index is 4.47. The van der Waals surface area contributed by atoms with Crippen LogP contribution in [-0.2, 0) is 0 Å². The summed E-state index contributed by atoms with van der Waals surface area (Å²) in [5.74, 6) is 1.62. The number of likely N-dealkylation sites (N-methyl/N-ethyl adjacent to an activating group) is 1. The van der Waals surface area contributed by atoms with Crippen LogP contribution in [-0.4, -0.2) is 75.2 Å². The van der Waals surface area contributed by atoms with E-state index in [9.17, 15) is 0 Å². The van der Waals surface area contributed by atoms with Gasteiger partial charge in [-0.15, -0.1) is 0 Å². The Morgan fingerprint density at radius 3 is 2.24 bits per heavy atom. The summed E-state index contributed by atoms with van der Waals surface area (Å²) in [4.78, 5) is 9.54. The molecule has 0 aromatic heterocycles. The third kappa shape index (κ3) is 5.85. The highest BCUT2D eigenvalue weighted by Crippen LogP contribution is 2.40. The second-order valence-electron chi connectivity index (χ2n) is 8.52. The van der Waals surface area contributed by atoms with Gasteiger partial charge in [0.2, 0.25) is 0 Å². The van der Waals surface area contributed by atoms with Gasteiger partial charge in [-0.05, 0) is 37.6 Å². The summed E-state index contributed by atoms with van der Waals surface area (Å²) in [6.07, 6.45) is 6.78. The fourth-order valence-electron chi connectivity index (χ4n) is 4.41. The van der Waals surface area contributed by atoms with Crippen LogP contribution in [0.4, 0.5) is 0 Å². The highest BCUT2D eigenvalue weighted by atomic mass is 15.3. The number of rotatable bonds is 7. The zero-order valence-corrected chi connectivity index (χ0v) is 17.3. The summed E-state index contributed by atoms with van der Waals surface area (Å²) in [5, 5.41) is 7.23. The van der Waals surface area contributed by atoms with E-state index in [-0.39, 0.29) is 0 Å². The van der Waals surface area contributed by atoms with Crippen LogP contribution in [0.1, 0.15) is 52.9 Å². The lowest BCUT2D eigenvalue weighted by molar-refractivity contribution is 0.0899. The molecule has 0 spiro atoms. The summed E-state index contributed by atoms with van der Waals surface area (Å²) < 4.78 is 0. The second-order valence-corrected chi connectivity index (χ2v) is 8.52. The smallest absolute Gasteiger partial charge is 0.191 e. The van der Waals surface area contributed by atoms with Gasteiger partial charge in [-0.2, -0.15) is 0 Å². The first-order chi connectivity index (χ1) is 12.0. The molecular weight excluding hydrogens is 310 g/mol. The Morgan fingerprint density at radius 1 is 1.08 bits per heavy atom. The van der Waals surface area contributed by atoms with Gasteiger partial charge in [0, 0.05) is 52.4 Å². The largest absolute Gasteiger partial charge is 0.356 e. The molecule has 1 aliphatic heterocycles. The van der Waals surface area contributed by atoms with E-state index < -0.39 is 0 Å². The molecule has 1 saturated carbocycles. The molecule has 0 bridgehead atoms. The molecule has 1 aliphatic carbocycles. The summed E-state index contributed by atoms with van der Waals surface area (Å²) >= 11 is 0. The third-order valence-corrected chi connectivity index (χ3v) is 6.52. The van der Waals surface area contributed by atoms with Gasteiger partial charge in [0.15, 0.2) is 5.96 Å². The summed E-state index contributed by atoms with van der Waals surface area (Å²) in [6.45, 7) is 13.7. The molecule has 2 N–H and O–H groups in total. The van der Waals surface area contributed by atoms with Gasteiger partial charge in [0.25, 0.3) is 0 Å². The molecular formula is C20H41N5. The van der Waals surface area contributed by atoms with Crippen molar-refractivity contribution < 1.29 is 0 Å². The number of hydrogen-bond donors (Lipinski definition) is 2. The van der Waals surface area contributed by atoms with Crippen molar-refractivity contribution >= 4 is 5.96 Å². The predicted octanol–water partition coefficient (Wildman–Crippen LogP) is 2.39. The van der Waals surface area contributed by atoms with E-state index >= 15 is 0 Å².